The molecule has 186 valence electrons. The average molecular weight is 480 g/mol. The third-order valence-corrected chi connectivity index (χ3v) is 7.23. The summed E-state index contributed by atoms with van der Waals surface area (Å²) in [6, 6.07) is 15.6. The number of hydrogen-bond acceptors (Lipinski definition) is 6. The standard InChI is InChI=1S/C27H33N3O5/c1-33-15-5-12-30-26(32)29(20-21-6-3-2-4-7-21)25(31)27(30)10-13-28(14-11-27)19-22-8-9-23-24(18-22)35-17-16-34-23/h2-4,6-9,18H,5,10-17,19-20H2,1H3. The summed E-state index contributed by atoms with van der Waals surface area (Å²) in [6.45, 7) is 4.79. The van der Waals surface area contributed by atoms with E-state index >= 15 is 0 Å². The minimum absolute atomic E-state index is 0.0669. The van der Waals surface area contributed by atoms with Gasteiger partial charge in [0.15, 0.2) is 11.5 Å². The summed E-state index contributed by atoms with van der Waals surface area (Å²) < 4.78 is 16.6. The van der Waals surface area contributed by atoms with Gasteiger partial charge in [-0.05, 0) is 42.5 Å². The number of rotatable bonds is 8. The number of carbonyl (C=O) groups excluding carboxylic acids is 2. The number of amides is 3. The first-order chi connectivity index (χ1) is 17.1. The molecule has 0 radical (unpaired) electrons. The van der Waals surface area contributed by atoms with E-state index in [2.05, 4.69) is 11.0 Å². The number of fused-ring (bicyclic) bond motifs is 1. The number of hydrogen-bond donors (Lipinski definition) is 0. The summed E-state index contributed by atoms with van der Waals surface area (Å²) in [5.74, 6) is 1.51. The Morgan fingerprint density at radius 2 is 1.66 bits per heavy atom. The van der Waals surface area contributed by atoms with Crippen LogP contribution >= 0.6 is 0 Å². The Morgan fingerprint density at radius 3 is 2.40 bits per heavy atom. The van der Waals surface area contributed by atoms with Crippen LogP contribution in [0.15, 0.2) is 48.5 Å². The Hall–Kier alpha value is -3.10. The van der Waals surface area contributed by atoms with E-state index in [9.17, 15) is 9.59 Å². The van der Waals surface area contributed by atoms with E-state index in [1.54, 1.807) is 7.11 Å². The zero-order valence-electron chi connectivity index (χ0n) is 20.3. The molecule has 0 saturated carbocycles. The molecule has 3 amide bonds. The largest absolute Gasteiger partial charge is 0.486 e. The van der Waals surface area contributed by atoms with Crippen molar-refractivity contribution in [1.82, 2.24) is 14.7 Å². The van der Waals surface area contributed by atoms with Gasteiger partial charge in [0, 0.05) is 39.9 Å². The fourth-order valence-corrected chi connectivity index (χ4v) is 5.37. The van der Waals surface area contributed by atoms with Gasteiger partial charge in [-0.1, -0.05) is 36.4 Å². The predicted molar refractivity (Wildman–Crippen MR) is 130 cm³/mol. The maximum atomic E-state index is 13.7. The molecule has 8 nitrogen and oxygen atoms in total. The Kier molecular flexibility index (Phi) is 6.92. The van der Waals surface area contributed by atoms with Crippen molar-refractivity contribution in [2.75, 3.05) is 46.6 Å². The SMILES string of the molecule is COCCCN1C(=O)N(Cc2ccccc2)C(=O)C12CCN(Cc1ccc3c(c1)OCCO3)CC2. The first-order valence-corrected chi connectivity index (χ1v) is 12.4. The van der Waals surface area contributed by atoms with Gasteiger partial charge in [-0.2, -0.15) is 0 Å². The van der Waals surface area contributed by atoms with E-state index in [-0.39, 0.29) is 11.9 Å². The van der Waals surface area contributed by atoms with Crippen LogP contribution in [0, 0.1) is 0 Å². The summed E-state index contributed by atoms with van der Waals surface area (Å²) in [6.07, 6.45) is 1.96. The molecule has 3 aliphatic heterocycles. The molecule has 0 atom stereocenters. The fraction of sp³-hybridized carbons (Fsp3) is 0.481. The molecule has 2 fully saturated rings. The maximum absolute atomic E-state index is 13.7. The number of piperidine rings is 1. The van der Waals surface area contributed by atoms with Gasteiger partial charge in [0.25, 0.3) is 5.91 Å². The predicted octanol–water partition coefficient (Wildman–Crippen LogP) is 3.29. The molecule has 0 bridgehead atoms. The number of benzene rings is 2. The number of ether oxygens (including phenoxy) is 3. The van der Waals surface area contributed by atoms with Gasteiger partial charge in [0.05, 0.1) is 6.54 Å². The van der Waals surface area contributed by atoms with Crippen LogP contribution < -0.4 is 9.47 Å². The smallest absolute Gasteiger partial charge is 0.327 e. The number of nitrogens with zero attached hydrogens (tertiary/aromatic N) is 3. The molecule has 3 aliphatic rings. The molecule has 0 unspecified atom stereocenters. The highest BCUT2D eigenvalue weighted by Gasteiger charge is 2.57. The highest BCUT2D eigenvalue weighted by atomic mass is 16.6. The third-order valence-electron chi connectivity index (χ3n) is 7.23. The second-order valence-corrected chi connectivity index (χ2v) is 9.44. The van der Waals surface area contributed by atoms with Gasteiger partial charge in [-0.15, -0.1) is 0 Å². The third kappa shape index (κ3) is 4.73. The topological polar surface area (TPSA) is 71.6 Å². The zero-order valence-corrected chi connectivity index (χ0v) is 20.3. The molecule has 0 aliphatic carbocycles. The van der Waals surface area contributed by atoms with Gasteiger partial charge < -0.3 is 19.1 Å². The van der Waals surface area contributed by atoms with Crippen LogP contribution in [0.3, 0.4) is 0 Å². The normalized spacial score (nSPS) is 19.6. The first kappa shape index (κ1) is 23.6. The molecule has 35 heavy (non-hydrogen) atoms. The summed E-state index contributed by atoms with van der Waals surface area (Å²) in [7, 11) is 1.66. The van der Waals surface area contributed by atoms with E-state index in [4.69, 9.17) is 14.2 Å². The minimum atomic E-state index is -0.775. The van der Waals surface area contributed by atoms with Gasteiger partial charge in [-0.3, -0.25) is 14.6 Å². The Labute approximate surface area is 206 Å². The van der Waals surface area contributed by atoms with Crippen molar-refractivity contribution in [3.05, 3.63) is 59.7 Å². The lowest BCUT2D eigenvalue weighted by Crippen LogP contribution is -2.56. The Morgan fingerprint density at radius 1 is 0.914 bits per heavy atom. The van der Waals surface area contributed by atoms with Crippen LogP contribution in [0.25, 0.3) is 0 Å². The molecule has 2 aromatic carbocycles. The molecular formula is C27H33N3O5. The number of urea groups is 1. The van der Waals surface area contributed by atoms with E-state index in [0.717, 1.165) is 42.3 Å². The number of imide groups is 1. The lowest BCUT2D eigenvalue weighted by atomic mass is 9.85. The number of likely N-dealkylation sites (tertiary alicyclic amines) is 1. The first-order valence-electron chi connectivity index (χ1n) is 12.4. The number of carbonyl (C=O) groups is 2. The lowest BCUT2D eigenvalue weighted by molar-refractivity contribution is -0.136. The quantitative estimate of drug-likeness (QED) is 0.428. The van der Waals surface area contributed by atoms with Crippen molar-refractivity contribution < 1.29 is 23.8 Å². The highest BCUT2D eigenvalue weighted by Crippen LogP contribution is 2.39. The molecule has 0 N–H and O–H groups in total. The molecule has 5 rings (SSSR count). The second-order valence-electron chi connectivity index (χ2n) is 9.44. The van der Waals surface area contributed by atoms with Gasteiger partial charge in [0.1, 0.15) is 18.8 Å². The molecule has 2 aromatic rings. The monoisotopic (exact) mass is 479 g/mol. The van der Waals surface area contributed by atoms with E-state index < -0.39 is 5.54 Å². The Balaban J connectivity index is 1.29. The second kappa shape index (κ2) is 10.3. The van der Waals surface area contributed by atoms with Crippen molar-refractivity contribution in [1.29, 1.82) is 0 Å². The number of methoxy groups -OCH3 is 1. The van der Waals surface area contributed by atoms with Gasteiger partial charge >= 0.3 is 6.03 Å². The molecular weight excluding hydrogens is 446 g/mol. The van der Waals surface area contributed by atoms with Crippen molar-refractivity contribution in [2.24, 2.45) is 0 Å². The Bertz CT molecular complexity index is 1050. The van der Waals surface area contributed by atoms with Crippen molar-refractivity contribution in [3.63, 3.8) is 0 Å². The lowest BCUT2D eigenvalue weighted by Gasteiger charge is -2.42. The summed E-state index contributed by atoms with van der Waals surface area (Å²) >= 11 is 0. The molecule has 3 heterocycles. The van der Waals surface area contributed by atoms with Crippen LogP contribution in [0.5, 0.6) is 11.5 Å². The van der Waals surface area contributed by atoms with E-state index in [1.807, 2.05) is 47.4 Å². The zero-order chi connectivity index (χ0) is 24.3. The summed E-state index contributed by atoms with van der Waals surface area (Å²) in [5.41, 5.74) is 1.34. The molecule has 0 aromatic heterocycles. The fourth-order valence-electron chi connectivity index (χ4n) is 5.37. The van der Waals surface area contributed by atoms with Crippen molar-refractivity contribution in [3.8, 4) is 11.5 Å². The average Bonchev–Trinajstić information content (AvgIpc) is 3.07. The van der Waals surface area contributed by atoms with E-state index in [1.165, 1.54) is 4.90 Å². The van der Waals surface area contributed by atoms with Gasteiger partial charge in [-0.25, -0.2) is 4.79 Å². The molecule has 8 heteroatoms. The summed E-state index contributed by atoms with van der Waals surface area (Å²) in [5, 5.41) is 0. The van der Waals surface area contributed by atoms with Crippen molar-refractivity contribution >= 4 is 11.9 Å². The molecule has 2 saturated heterocycles. The highest BCUT2D eigenvalue weighted by molar-refractivity contribution is 6.07. The van der Waals surface area contributed by atoms with Crippen LogP contribution in [0.1, 0.15) is 30.4 Å². The van der Waals surface area contributed by atoms with Crippen LogP contribution in [0.2, 0.25) is 0 Å². The van der Waals surface area contributed by atoms with Crippen molar-refractivity contribution in [2.45, 2.75) is 37.9 Å². The van der Waals surface area contributed by atoms with Crippen LogP contribution in [-0.2, 0) is 22.6 Å². The molecule has 1 spiro atoms. The van der Waals surface area contributed by atoms with Gasteiger partial charge in [0.2, 0.25) is 0 Å². The summed E-state index contributed by atoms with van der Waals surface area (Å²) in [4.78, 5) is 32.8. The van der Waals surface area contributed by atoms with E-state index in [0.29, 0.717) is 52.2 Å². The van der Waals surface area contributed by atoms with Crippen LogP contribution in [-0.4, -0.2) is 78.7 Å². The maximum Gasteiger partial charge on any atom is 0.327 e. The van der Waals surface area contributed by atoms with Crippen LogP contribution in [0.4, 0.5) is 4.79 Å². The minimum Gasteiger partial charge on any atom is -0.486 e.